The minimum Gasteiger partial charge on any atom is -0.328 e. The van der Waals surface area contributed by atoms with Gasteiger partial charge in [-0.1, -0.05) is 0 Å². The van der Waals surface area contributed by atoms with Gasteiger partial charge in [-0.25, -0.2) is 4.39 Å². The van der Waals surface area contributed by atoms with Gasteiger partial charge >= 0.3 is 0 Å². The van der Waals surface area contributed by atoms with Gasteiger partial charge in [-0.3, -0.25) is 4.98 Å². The van der Waals surface area contributed by atoms with Gasteiger partial charge in [-0.2, -0.15) is 0 Å². The Bertz CT molecular complexity index is 248. The number of pyridine rings is 1. The molecule has 0 amide bonds. The summed E-state index contributed by atoms with van der Waals surface area (Å²) >= 11 is 0. The average molecular weight is 168 g/mol. The highest BCUT2D eigenvalue weighted by Crippen LogP contribution is 2.05. The summed E-state index contributed by atoms with van der Waals surface area (Å²) in [4.78, 5) is 3.92. The Labute approximate surface area is 71.6 Å². The molecule has 0 radical (unpaired) electrons. The van der Waals surface area contributed by atoms with E-state index in [2.05, 4.69) is 4.98 Å². The maximum Gasteiger partial charge on any atom is 0.144 e. The summed E-state index contributed by atoms with van der Waals surface area (Å²) in [5.74, 6) is -0.238. The fourth-order valence-electron chi connectivity index (χ4n) is 0.967. The maximum atomic E-state index is 12.9. The predicted molar refractivity (Wildman–Crippen MR) is 46.2 cm³/mol. The molecule has 0 aliphatic carbocycles. The molecule has 1 atom stereocenters. The third kappa shape index (κ3) is 2.58. The van der Waals surface area contributed by atoms with Crippen molar-refractivity contribution in [2.45, 2.75) is 25.8 Å². The molecular formula is C9H13FN2. The van der Waals surface area contributed by atoms with Crippen molar-refractivity contribution in [3.05, 3.63) is 29.8 Å². The molecule has 0 fully saturated rings. The summed E-state index contributed by atoms with van der Waals surface area (Å²) in [7, 11) is 0. The molecule has 0 aromatic carbocycles. The van der Waals surface area contributed by atoms with E-state index in [0.29, 0.717) is 12.1 Å². The first kappa shape index (κ1) is 9.13. The van der Waals surface area contributed by atoms with Crippen LogP contribution in [-0.2, 0) is 6.42 Å². The second-order valence-electron chi connectivity index (χ2n) is 2.95. The third-order valence-corrected chi connectivity index (χ3v) is 1.67. The Morgan fingerprint density at radius 3 is 3.00 bits per heavy atom. The number of nitrogens with zero attached hydrogens (tertiary/aromatic N) is 1. The highest BCUT2D eigenvalue weighted by atomic mass is 19.1. The van der Waals surface area contributed by atoms with Crippen molar-refractivity contribution in [3.63, 3.8) is 0 Å². The first-order valence-electron chi connectivity index (χ1n) is 4.05. The molecule has 1 aromatic rings. The lowest BCUT2D eigenvalue weighted by Crippen LogP contribution is -2.16. The molecule has 0 bridgehead atoms. The van der Waals surface area contributed by atoms with Crippen molar-refractivity contribution in [2.75, 3.05) is 0 Å². The SMILES string of the molecule is C[C@@H](N)CCc1ncccc1F. The van der Waals surface area contributed by atoms with Crippen LogP contribution in [0.2, 0.25) is 0 Å². The fourth-order valence-corrected chi connectivity index (χ4v) is 0.967. The van der Waals surface area contributed by atoms with Crippen molar-refractivity contribution in [1.82, 2.24) is 4.98 Å². The molecule has 2 N–H and O–H groups in total. The van der Waals surface area contributed by atoms with E-state index in [4.69, 9.17) is 5.73 Å². The van der Waals surface area contributed by atoms with E-state index < -0.39 is 0 Å². The van der Waals surface area contributed by atoms with Gasteiger partial charge in [0.15, 0.2) is 0 Å². The smallest absolute Gasteiger partial charge is 0.144 e. The van der Waals surface area contributed by atoms with Crippen LogP contribution in [0.3, 0.4) is 0 Å². The number of nitrogens with two attached hydrogens (primary N) is 1. The summed E-state index contributed by atoms with van der Waals surface area (Å²) in [6, 6.07) is 3.11. The second kappa shape index (κ2) is 4.16. The highest BCUT2D eigenvalue weighted by molar-refractivity contribution is 5.07. The van der Waals surface area contributed by atoms with E-state index in [9.17, 15) is 4.39 Å². The van der Waals surface area contributed by atoms with Crippen LogP contribution in [0.15, 0.2) is 18.3 Å². The Hall–Kier alpha value is -0.960. The highest BCUT2D eigenvalue weighted by Gasteiger charge is 2.02. The molecule has 0 unspecified atom stereocenters. The molecule has 0 aliphatic rings. The summed E-state index contributed by atoms with van der Waals surface area (Å²) in [5, 5.41) is 0. The molecule has 1 aromatic heterocycles. The van der Waals surface area contributed by atoms with E-state index in [-0.39, 0.29) is 11.9 Å². The molecule has 66 valence electrons. The molecule has 0 saturated heterocycles. The molecular weight excluding hydrogens is 155 g/mol. The quantitative estimate of drug-likeness (QED) is 0.742. The van der Waals surface area contributed by atoms with Gasteiger partial charge in [0.2, 0.25) is 0 Å². The van der Waals surface area contributed by atoms with Crippen LogP contribution in [0, 0.1) is 5.82 Å². The van der Waals surface area contributed by atoms with E-state index >= 15 is 0 Å². The van der Waals surface area contributed by atoms with E-state index in [1.165, 1.54) is 6.07 Å². The molecule has 0 saturated carbocycles. The molecule has 12 heavy (non-hydrogen) atoms. The lowest BCUT2D eigenvalue weighted by molar-refractivity contribution is 0.578. The van der Waals surface area contributed by atoms with Gasteiger partial charge < -0.3 is 5.73 Å². The largest absolute Gasteiger partial charge is 0.328 e. The van der Waals surface area contributed by atoms with Gasteiger partial charge in [0.25, 0.3) is 0 Å². The number of hydrogen-bond acceptors (Lipinski definition) is 2. The molecule has 0 spiro atoms. The molecule has 3 heteroatoms. The summed E-state index contributed by atoms with van der Waals surface area (Å²) < 4.78 is 12.9. The fraction of sp³-hybridized carbons (Fsp3) is 0.444. The molecule has 1 rings (SSSR count). The number of hydrogen-bond donors (Lipinski definition) is 1. The molecule has 0 aliphatic heterocycles. The van der Waals surface area contributed by atoms with Gasteiger partial charge in [-0.15, -0.1) is 0 Å². The van der Waals surface area contributed by atoms with Gasteiger partial charge in [0.1, 0.15) is 5.82 Å². The van der Waals surface area contributed by atoms with Gasteiger partial charge in [0, 0.05) is 12.2 Å². The standard InChI is InChI=1S/C9H13FN2/c1-7(11)4-5-9-8(10)3-2-6-12-9/h2-3,6-7H,4-5,11H2,1H3/t7-/m1/s1. The zero-order valence-electron chi connectivity index (χ0n) is 7.13. The first-order valence-corrected chi connectivity index (χ1v) is 4.05. The van der Waals surface area contributed by atoms with Crippen molar-refractivity contribution < 1.29 is 4.39 Å². The predicted octanol–water partition coefficient (Wildman–Crippen LogP) is 1.50. The minimum atomic E-state index is -0.238. The molecule has 1 heterocycles. The Balaban J connectivity index is 2.57. The number of halogens is 1. The van der Waals surface area contributed by atoms with Crippen LogP contribution in [-0.4, -0.2) is 11.0 Å². The number of rotatable bonds is 3. The third-order valence-electron chi connectivity index (χ3n) is 1.67. The normalized spacial score (nSPS) is 12.9. The van der Waals surface area contributed by atoms with E-state index in [1.54, 1.807) is 12.3 Å². The van der Waals surface area contributed by atoms with Crippen LogP contribution in [0.5, 0.6) is 0 Å². The van der Waals surface area contributed by atoms with Crippen molar-refractivity contribution in [2.24, 2.45) is 5.73 Å². The average Bonchev–Trinajstić information content (AvgIpc) is 2.03. The Kier molecular flexibility index (Phi) is 3.17. The first-order chi connectivity index (χ1) is 5.70. The van der Waals surface area contributed by atoms with Crippen LogP contribution >= 0.6 is 0 Å². The van der Waals surface area contributed by atoms with Crippen LogP contribution in [0.25, 0.3) is 0 Å². The van der Waals surface area contributed by atoms with Gasteiger partial charge in [0.05, 0.1) is 5.69 Å². The van der Waals surface area contributed by atoms with Crippen LogP contribution < -0.4 is 5.73 Å². The summed E-state index contributed by atoms with van der Waals surface area (Å²) in [5.41, 5.74) is 6.05. The van der Waals surface area contributed by atoms with Crippen molar-refractivity contribution >= 4 is 0 Å². The maximum absolute atomic E-state index is 12.9. The lowest BCUT2D eigenvalue weighted by atomic mass is 10.1. The monoisotopic (exact) mass is 168 g/mol. The topological polar surface area (TPSA) is 38.9 Å². The zero-order valence-corrected chi connectivity index (χ0v) is 7.13. The Morgan fingerprint density at radius 2 is 2.42 bits per heavy atom. The lowest BCUT2D eigenvalue weighted by Gasteiger charge is -2.04. The van der Waals surface area contributed by atoms with Crippen LogP contribution in [0.1, 0.15) is 19.0 Å². The van der Waals surface area contributed by atoms with E-state index in [1.807, 2.05) is 6.92 Å². The van der Waals surface area contributed by atoms with E-state index in [0.717, 1.165) is 6.42 Å². The van der Waals surface area contributed by atoms with Crippen molar-refractivity contribution in [3.8, 4) is 0 Å². The number of aromatic nitrogens is 1. The minimum absolute atomic E-state index is 0.103. The zero-order chi connectivity index (χ0) is 8.97. The summed E-state index contributed by atoms with van der Waals surface area (Å²) in [6.07, 6.45) is 2.98. The van der Waals surface area contributed by atoms with Crippen molar-refractivity contribution in [1.29, 1.82) is 0 Å². The Morgan fingerprint density at radius 1 is 1.67 bits per heavy atom. The molecule has 2 nitrogen and oxygen atoms in total. The summed E-state index contributed by atoms with van der Waals surface area (Å²) in [6.45, 7) is 1.90. The number of aryl methyl sites for hydroxylation is 1. The van der Waals surface area contributed by atoms with Gasteiger partial charge in [-0.05, 0) is 31.9 Å². The second-order valence-corrected chi connectivity index (χ2v) is 2.95. The van der Waals surface area contributed by atoms with Crippen LogP contribution in [0.4, 0.5) is 4.39 Å².